The maximum atomic E-state index is 13.8. The Morgan fingerprint density at radius 2 is 2.04 bits per heavy atom. The summed E-state index contributed by atoms with van der Waals surface area (Å²) in [7, 11) is 3.76. The monoisotopic (exact) mass is 346 g/mol. The molecule has 5 nitrogen and oxygen atoms in total. The molecule has 2 aromatic rings. The third-order valence-corrected chi connectivity index (χ3v) is 4.42. The molecule has 25 heavy (non-hydrogen) atoms. The van der Waals surface area contributed by atoms with Gasteiger partial charge in [0, 0.05) is 26.2 Å². The van der Waals surface area contributed by atoms with Crippen molar-refractivity contribution in [2.45, 2.75) is 25.3 Å². The molecule has 1 aliphatic heterocycles. The van der Waals surface area contributed by atoms with E-state index in [0.29, 0.717) is 6.54 Å². The minimum absolute atomic E-state index is 0.0738. The van der Waals surface area contributed by atoms with Crippen molar-refractivity contribution in [3.63, 3.8) is 0 Å². The van der Waals surface area contributed by atoms with Gasteiger partial charge < -0.3 is 9.80 Å². The Labute approximate surface area is 145 Å². The number of nitrogens with zero attached hydrogens (tertiary/aromatic N) is 4. The largest absolute Gasteiger partial charge is 0.361 e. The zero-order valence-corrected chi connectivity index (χ0v) is 14.2. The minimum atomic E-state index is -0.957. The maximum Gasteiger partial charge on any atom is 0.227 e. The highest BCUT2D eigenvalue weighted by Gasteiger charge is 2.31. The van der Waals surface area contributed by atoms with E-state index in [9.17, 15) is 13.6 Å². The lowest BCUT2D eigenvalue weighted by molar-refractivity contribution is -0.131. The molecule has 1 aromatic carbocycles. The van der Waals surface area contributed by atoms with Crippen molar-refractivity contribution in [1.29, 1.82) is 0 Å². The summed E-state index contributed by atoms with van der Waals surface area (Å²) in [6.07, 6.45) is 1.47. The molecule has 1 aliphatic rings. The average molecular weight is 346 g/mol. The molecule has 3 rings (SSSR count). The first-order valence-corrected chi connectivity index (χ1v) is 8.20. The normalized spacial score (nSPS) is 17.0. The maximum absolute atomic E-state index is 13.8. The van der Waals surface area contributed by atoms with E-state index in [2.05, 4.69) is 10.2 Å². The summed E-state index contributed by atoms with van der Waals surface area (Å²) in [5.74, 6) is -1.39. The van der Waals surface area contributed by atoms with Crippen molar-refractivity contribution in [2.75, 3.05) is 25.5 Å². The van der Waals surface area contributed by atoms with Crippen molar-refractivity contribution >= 4 is 11.7 Å². The van der Waals surface area contributed by atoms with Crippen molar-refractivity contribution in [3.8, 4) is 0 Å². The number of anilines is 1. The lowest BCUT2D eigenvalue weighted by Crippen LogP contribution is -2.32. The van der Waals surface area contributed by atoms with Gasteiger partial charge in [-0.2, -0.15) is 5.10 Å². The average Bonchev–Trinajstić information content (AvgIpc) is 3.09. The first kappa shape index (κ1) is 17.3. The lowest BCUT2D eigenvalue weighted by atomic mass is 10.1. The van der Waals surface area contributed by atoms with Gasteiger partial charge in [0.2, 0.25) is 5.91 Å². The van der Waals surface area contributed by atoms with Crippen molar-refractivity contribution in [3.05, 3.63) is 53.2 Å². The fraction of sp³-hybridized carbons (Fsp3) is 0.389. The zero-order chi connectivity index (χ0) is 18.0. The Morgan fingerprint density at radius 3 is 2.72 bits per heavy atom. The van der Waals surface area contributed by atoms with E-state index in [1.54, 1.807) is 4.90 Å². The molecule has 7 heteroatoms. The fourth-order valence-corrected chi connectivity index (χ4v) is 3.07. The van der Waals surface area contributed by atoms with E-state index in [4.69, 9.17) is 0 Å². The van der Waals surface area contributed by atoms with Crippen LogP contribution in [0, 0.1) is 11.6 Å². The smallest absolute Gasteiger partial charge is 0.227 e. The second-order valence-corrected chi connectivity index (χ2v) is 6.35. The van der Waals surface area contributed by atoms with Crippen LogP contribution in [-0.4, -0.2) is 41.6 Å². The minimum Gasteiger partial charge on any atom is -0.361 e. The number of aromatic nitrogens is 2. The highest BCUT2D eigenvalue weighted by atomic mass is 19.2. The van der Waals surface area contributed by atoms with Crippen LogP contribution >= 0.6 is 0 Å². The summed E-state index contributed by atoms with van der Waals surface area (Å²) in [4.78, 5) is 16.2. The van der Waals surface area contributed by atoms with Gasteiger partial charge in [-0.1, -0.05) is 12.1 Å². The molecule has 1 amide bonds. The number of carbonyl (C=O) groups excluding carboxylic acids is 1. The molecule has 1 fully saturated rings. The first-order chi connectivity index (χ1) is 12.0. The second kappa shape index (κ2) is 7.13. The fourth-order valence-electron chi connectivity index (χ4n) is 3.07. The van der Waals surface area contributed by atoms with Crippen molar-refractivity contribution in [2.24, 2.45) is 0 Å². The van der Waals surface area contributed by atoms with E-state index >= 15 is 0 Å². The molecule has 0 N–H and O–H groups in total. The number of benzene rings is 1. The molecule has 132 valence electrons. The molecular weight excluding hydrogens is 326 g/mol. The predicted octanol–water partition coefficient (Wildman–Crippen LogP) is 2.73. The van der Waals surface area contributed by atoms with Crippen LogP contribution in [0.25, 0.3) is 0 Å². The quantitative estimate of drug-likeness (QED) is 0.854. The van der Waals surface area contributed by atoms with Crippen molar-refractivity contribution < 1.29 is 13.6 Å². The van der Waals surface area contributed by atoms with Gasteiger partial charge in [-0.15, -0.1) is 5.10 Å². The predicted molar refractivity (Wildman–Crippen MR) is 90.1 cm³/mol. The molecule has 1 aromatic heterocycles. The summed E-state index contributed by atoms with van der Waals surface area (Å²) in [6, 6.07) is 7.44. The van der Waals surface area contributed by atoms with Crippen LogP contribution in [0.2, 0.25) is 0 Å². The molecule has 0 spiro atoms. The van der Waals surface area contributed by atoms with Crippen LogP contribution in [0.4, 0.5) is 14.6 Å². The van der Waals surface area contributed by atoms with Crippen LogP contribution < -0.4 is 4.90 Å². The van der Waals surface area contributed by atoms with E-state index in [1.165, 1.54) is 12.1 Å². The number of rotatable bonds is 4. The van der Waals surface area contributed by atoms with Gasteiger partial charge in [0.05, 0.1) is 18.2 Å². The summed E-state index contributed by atoms with van der Waals surface area (Å²) in [6.45, 7) is 0.581. The second-order valence-electron chi connectivity index (χ2n) is 6.35. The summed E-state index contributed by atoms with van der Waals surface area (Å²) >= 11 is 0. The van der Waals surface area contributed by atoms with Crippen LogP contribution in [-0.2, 0) is 11.2 Å². The van der Waals surface area contributed by atoms with E-state index in [1.807, 2.05) is 31.1 Å². The van der Waals surface area contributed by atoms with Crippen LogP contribution in [0.3, 0.4) is 0 Å². The van der Waals surface area contributed by atoms with Gasteiger partial charge in [-0.05, 0) is 31.0 Å². The SMILES string of the molecule is CN(C)c1ccc(C2CCCN2C(=O)Cc2cccc(F)c2F)nn1. The molecule has 0 bridgehead atoms. The number of hydrogen-bond acceptors (Lipinski definition) is 4. The van der Waals surface area contributed by atoms with E-state index < -0.39 is 11.6 Å². The highest BCUT2D eigenvalue weighted by molar-refractivity contribution is 5.79. The van der Waals surface area contributed by atoms with Crippen LogP contribution in [0.1, 0.15) is 30.1 Å². The molecule has 1 unspecified atom stereocenters. The van der Waals surface area contributed by atoms with E-state index in [0.717, 1.165) is 30.4 Å². The lowest BCUT2D eigenvalue weighted by Gasteiger charge is -2.24. The Balaban J connectivity index is 1.76. The summed E-state index contributed by atoms with van der Waals surface area (Å²) in [5, 5.41) is 8.39. The highest BCUT2D eigenvalue weighted by Crippen LogP contribution is 2.31. The molecule has 0 aliphatic carbocycles. The van der Waals surface area contributed by atoms with Gasteiger partial charge in [-0.3, -0.25) is 4.79 Å². The molecule has 1 saturated heterocycles. The number of carbonyl (C=O) groups is 1. The number of hydrogen-bond donors (Lipinski definition) is 0. The topological polar surface area (TPSA) is 49.3 Å². The standard InChI is InChI=1S/C18H20F2N4O/c1-23(2)16-9-8-14(21-22-16)15-7-4-10-24(15)17(25)11-12-5-3-6-13(19)18(12)20/h3,5-6,8-9,15H,4,7,10-11H2,1-2H3. The zero-order valence-electron chi connectivity index (χ0n) is 14.2. The number of likely N-dealkylation sites (tertiary alicyclic amines) is 1. The van der Waals surface area contributed by atoms with Gasteiger partial charge in [0.1, 0.15) is 0 Å². The van der Waals surface area contributed by atoms with Crippen LogP contribution in [0.15, 0.2) is 30.3 Å². The van der Waals surface area contributed by atoms with Gasteiger partial charge in [0.25, 0.3) is 0 Å². The molecule has 0 saturated carbocycles. The van der Waals surface area contributed by atoms with Crippen molar-refractivity contribution in [1.82, 2.24) is 15.1 Å². The first-order valence-electron chi connectivity index (χ1n) is 8.20. The molecular formula is C18H20F2N4O. The Morgan fingerprint density at radius 1 is 1.24 bits per heavy atom. The molecule has 1 atom stereocenters. The van der Waals surface area contributed by atoms with Crippen LogP contribution in [0.5, 0.6) is 0 Å². The van der Waals surface area contributed by atoms with Gasteiger partial charge in [0.15, 0.2) is 17.5 Å². The van der Waals surface area contributed by atoms with Gasteiger partial charge >= 0.3 is 0 Å². The Kier molecular flexibility index (Phi) is 4.92. The third-order valence-electron chi connectivity index (χ3n) is 4.42. The Bertz CT molecular complexity index is 764. The summed E-state index contributed by atoms with van der Waals surface area (Å²) in [5.41, 5.74) is 0.792. The summed E-state index contributed by atoms with van der Waals surface area (Å²) < 4.78 is 27.1. The van der Waals surface area contributed by atoms with E-state index in [-0.39, 0.29) is 23.9 Å². The number of halogens is 2. The third kappa shape index (κ3) is 3.60. The van der Waals surface area contributed by atoms with Gasteiger partial charge in [-0.25, -0.2) is 8.78 Å². The molecule has 0 radical (unpaired) electrons. The Hall–Kier alpha value is -2.57. The number of amides is 1. The molecule has 2 heterocycles.